The molecule has 1 fully saturated rings. The predicted octanol–water partition coefficient (Wildman–Crippen LogP) is 5.31. The van der Waals surface area contributed by atoms with Gasteiger partial charge in [0.1, 0.15) is 0 Å². The van der Waals surface area contributed by atoms with Crippen molar-refractivity contribution in [3.8, 4) is 11.1 Å². The summed E-state index contributed by atoms with van der Waals surface area (Å²) < 4.78 is 13.4. The van der Waals surface area contributed by atoms with Crippen molar-refractivity contribution in [2.45, 2.75) is 44.2 Å². The van der Waals surface area contributed by atoms with E-state index in [2.05, 4.69) is 102 Å². The average molecular weight is 452 g/mol. The molecule has 0 saturated carbocycles. The summed E-state index contributed by atoms with van der Waals surface area (Å²) in [5.41, 5.74) is 4.06. The minimum absolute atomic E-state index is 0.323. The zero-order chi connectivity index (χ0) is 17.5. The SMILES string of the molecule is CC1(C)OB(c2ccc(-c3ccc(Br)cc3)c(CBr)c2)OC1(C)C. The number of benzene rings is 2. The van der Waals surface area contributed by atoms with Gasteiger partial charge in [-0.2, -0.15) is 0 Å². The van der Waals surface area contributed by atoms with Crippen molar-refractivity contribution in [1.29, 1.82) is 0 Å². The van der Waals surface area contributed by atoms with Gasteiger partial charge in [0.05, 0.1) is 11.2 Å². The van der Waals surface area contributed by atoms with Gasteiger partial charge in [-0.25, -0.2) is 0 Å². The maximum Gasteiger partial charge on any atom is 0.494 e. The van der Waals surface area contributed by atoms with Gasteiger partial charge in [0.25, 0.3) is 0 Å². The van der Waals surface area contributed by atoms with Crippen LogP contribution in [0.3, 0.4) is 0 Å². The van der Waals surface area contributed by atoms with E-state index in [0.29, 0.717) is 0 Å². The van der Waals surface area contributed by atoms with Crippen molar-refractivity contribution < 1.29 is 9.31 Å². The second kappa shape index (κ2) is 6.60. The van der Waals surface area contributed by atoms with Crippen LogP contribution in [0.4, 0.5) is 0 Å². The zero-order valence-corrected chi connectivity index (χ0v) is 17.6. The Morgan fingerprint density at radius 2 is 1.50 bits per heavy atom. The van der Waals surface area contributed by atoms with E-state index in [4.69, 9.17) is 9.31 Å². The van der Waals surface area contributed by atoms with Gasteiger partial charge in [0, 0.05) is 9.80 Å². The third-order valence-corrected chi connectivity index (χ3v) is 6.09. The summed E-state index contributed by atoms with van der Waals surface area (Å²) in [5, 5.41) is 0.783. The van der Waals surface area contributed by atoms with Crippen LogP contribution in [-0.4, -0.2) is 18.3 Å². The highest BCUT2D eigenvalue weighted by Gasteiger charge is 2.51. The first kappa shape index (κ1) is 18.2. The molecule has 2 nitrogen and oxygen atoms in total. The van der Waals surface area contributed by atoms with Gasteiger partial charge in [0.15, 0.2) is 0 Å². The summed E-state index contributed by atoms with van der Waals surface area (Å²) in [5.74, 6) is 0. The molecule has 0 unspecified atom stereocenters. The van der Waals surface area contributed by atoms with Crippen LogP contribution in [0.2, 0.25) is 0 Å². The minimum Gasteiger partial charge on any atom is -0.399 e. The Kier molecular flexibility index (Phi) is 5.00. The van der Waals surface area contributed by atoms with Gasteiger partial charge in [-0.15, -0.1) is 0 Å². The maximum absolute atomic E-state index is 6.17. The normalized spacial score (nSPS) is 18.8. The molecular formula is C19H21BBr2O2. The molecule has 0 amide bonds. The van der Waals surface area contributed by atoms with Crippen LogP contribution in [0.1, 0.15) is 33.3 Å². The first-order valence-corrected chi connectivity index (χ1v) is 9.95. The minimum atomic E-state index is -0.327. The van der Waals surface area contributed by atoms with Crippen LogP contribution >= 0.6 is 31.9 Å². The van der Waals surface area contributed by atoms with Crippen LogP contribution < -0.4 is 5.46 Å². The van der Waals surface area contributed by atoms with Gasteiger partial charge in [0.2, 0.25) is 0 Å². The molecule has 0 N–H and O–H groups in total. The highest BCUT2D eigenvalue weighted by Crippen LogP contribution is 2.37. The number of alkyl halides is 1. The summed E-state index contributed by atoms with van der Waals surface area (Å²) in [6.07, 6.45) is 0. The summed E-state index contributed by atoms with van der Waals surface area (Å²) >= 11 is 7.11. The molecule has 1 heterocycles. The van der Waals surface area contributed by atoms with E-state index in [1.807, 2.05) is 0 Å². The summed E-state index contributed by atoms with van der Waals surface area (Å²) in [6, 6.07) is 14.8. The number of hydrogen-bond donors (Lipinski definition) is 0. The summed E-state index contributed by atoms with van der Waals surface area (Å²) in [6.45, 7) is 8.31. The van der Waals surface area contributed by atoms with Crippen LogP contribution in [0.15, 0.2) is 46.9 Å². The summed E-state index contributed by atoms with van der Waals surface area (Å²) in [4.78, 5) is 0. The molecule has 0 bridgehead atoms. The maximum atomic E-state index is 6.17. The molecule has 2 aromatic carbocycles. The third kappa shape index (κ3) is 3.37. The fraction of sp³-hybridized carbons (Fsp3) is 0.368. The van der Waals surface area contributed by atoms with Crippen molar-refractivity contribution in [3.05, 3.63) is 52.5 Å². The molecule has 0 atom stereocenters. The van der Waals surface area contributed by atoms with E-state index in [1.165, 1.54) is 16.7 Å². The lowest BCUT2D eigenvalue weighted by Crippen LogP contribution is -2.41. The molecule has 24 heavy (non-hydrogen) atoms. The quantitative estimate of drug-likeness (QED) is 0.465. The fourth-order valence-electron chi connectivity index (χ4n) is 2.76. The highest BCUT2D eigenvalue weighted by atomic mass is 79.9. The highest BCUT2D eigenvalue weighted by molar-refractivity contribution is 9.10. The van der Waals surface area contributed by atoms with E-state index < -0.39 is 0 Å². The Balaban J connectivity index is 1.94. The largest absolute Gasteiger partial charge is 0.494 e. The predicted molar refractivity (Wildman–Crippen MR) is 108 cm³/mol. The number of rotatable bonds is 3. The standard InChI is InChI=1S/C19H21BBr2O2/c1-18(2)19(3,4)24-20(23-18)15-7-10-17(14(11-15)12-21)13-5-8-16(22)9-6-13/h5-11H,12H2,1-4H3. The topological polar surface area (TPSA) is 18.5 Å². The Hall–Kier alpha value is -0.615. The first-order valence-electron chi connectivity index (χ1n) is 8.04. The Morgan fingerprint density at radius 1 is 0.917 bits per heavy atom. The van der Waals surface area contributed by atoms with Crippen LogP contribution in [0.5, 0.6) is 0 Å². The second-order valence-electron chi connectivity index (χ2n) is 7.15. The van der Waals surface area contributed by atoms with Crippen molar-refractivity contribution in [1.82, 2.24) is 0 Å². The average Bonchev–Trinajstić information content (AvgIpc) is 2.76. The van der Waals surface area contributed by atoms with Crippen molar-refractivity contribution >= 4 is 44.4 Å². The monoisotopic (exact) mass is 450 g/mol. The molecule has 1 saturated heterocycles. The van der Waals surface area contributed by atoms with E-state index in [9.17, 15) is 0 Å². The third-order valence-electron chi connectivity index (χ3n) is 4.95. The Labute approximate surface area is 161 Å². The van der Waals surface area contributed by atoms with Crippen LogP contribution in [0, 0.1) is 0 Å². The lowest BCUT2D eigenvalue weighted by atomic mass is 9.77. The molecule has 3 rings (SSSR count). The molecule has 1 aliphatic heterocycles. The first-order chi connectivity index (χ1) is 11.2. The Bertz CT molecular complexity index is 726. The molecule has 126 valence electrons. The molecule has 1 aliphatic rings. The smallest absolute Gasteiger partial charge is 0.399 e. The van der Waals surface area contributed by atoms with Crippen LogP contribution in [-0.2, 0) is 14.6 Å². The Morgan fingerprint density at radius 3 is 2.04 bits per heavy atom. The molecule has 0 radical (unpaired) electrons. The van der Waals surface area contributed by atoms with E-state index in [0.717, 1.165) is 15.3 Å². The van der Waals surface area contributed by atoms with Crippen LogP contribution in [0.25, 0.3) is 11.1 Å². The van der Waals surface area contributed by atoms with Crippen molar-refractivity contribution in [2.24, 2.45) is 0 Å². The van der Waals surface area contributed by atoms with Gasteiger partial charge in [-0.1, -0.05) is 62.2 Å². The molecular weight excluding hydrogens is 431 g/mol. The fourth-order valence-corrected chi connectivity index (χ4v) is 3.49. The number of hydrogen-bond acceptors (Lipinski definition) is 2. The zero-order valence-electron chi connectivity index (χ0n) is 14.4. The molecule has 0 spiro atoms. The lowest BCUT2D eigenvalue weighted by Gasteiger charge is -2.32. The number of halogens is 2. The molecule has 0 aromatic heterocycles. The van der Waals surface area contributed by atoms with E-state index in [-0.39, 0.29) is 18.3 Å². The van der Waals surface area contributed by atoms with E-state index in [1.54, 1.807) is 0 Å². The van der Waals surface area contributed by atoms with Crippen molar-refractivity contribution in [2.75, 3.05) is 0 Å². The summed E-state index contributed by atoms with van der Waals surface area (Å²) in [7, 11) is -0.327. The van der Waals surface area contributed by atoms with Crippen molar-refractivity contribution in [3.63, 3.8) is 0 Å². The molecule has 5 heteroatoms. The van der Waals surface area contributed by atoms with Gasteiger partial charge < -0.3 is 9.31 Å². The lowest BCUT2D eigenvalue weighted by molar-refractivity contribution is 0.00578. The molecule has 2 aromatic rings. The van der Waals surface area contributed by atoms with E-state index >= 15 is 0 Å². The van der Waals surface area contributed by atoms with Gasteiger partial charge in [-0.05, 0) is 62.0 Å². The molecule has 0 aliphatic carbocycles. The van der Waals surface area contributed by atoms with Gasteiger partial charge in [-0.3, -0.25) is 0 Å². The second-order valence-corrected chi connectivity index (χ2v) is 8.62. The van der Waals surface area contributed by atoms with Gasteiger partial charge >= 0.3 is 7.12 Å².